The van der Waals surface area contributed by atoms with E-state index in [-0.39, 0.29) is 0 Å². The Hall–Kier alpha value is -2.99. The molecule has 3 aromatic heterocycles. The molecule has 0 atom stereocenters. The van der Waals surface area contributed by atoms with Gasteiger partial charge in [0.25, 0.3) is 0 Å². The minimum atomic E-state index is -3.23. The molecule has 5 nitrogen and oxygen atoms in total. The van der Waals surface area contributed by atoms with Gasteiger partial charge in [-0.3, -0.25) is 4.98 Å². The number of benzene rings is 1. The van der Waals surface area contributed by atoms with Gasteiger partial charge in [-0.05, 0) is 42.0 Å². The summed E-state index contributed by atoms with van der Waals surface area (Å²) in [5.41, 5.74) is 4.30. The maximum Gasteiger partial charge on any atom is 0.175 e. The Morgan fingerprint density at radius 2 is 1.68 bits per heavy atom. The van der Waals surface area contributed by atoms with Gasteiger partial charge in [-0.2, -0.15) is 5.10 Å². The lowest BCUT2D eigenvalue weighted by Crippen LogP contribution is -1.96. The monoisotopic (exact) mass is 349 g/mol. The second-order valence-electron chi connectivity index (χ2n) is 5.77. The van der Waals surface area contributed by atoms with Crippen molar-refractivity contribution in [3.8, 4) is 22.5 Å². The van der Waals surface area contributed by atoms with Crippen LogP contribution in [0.1, 0.15) is 0 Å². The molecule has 124 valence electrons. The van der Waals surface area contributed by atoms with E-state index in [2.05, 4.69) is 10.1 Å². The van der Waals surface area contributed by atoms with Gasteiger partial charge in [-0.25, -0.2) is 12.9 Å². The summed E-state index contributed by atoms with van der Waals surface area (Å²) in [4.78, 5) is 4.71. The van der Waals surface area contributed by atoms with E-state index in [0.29, 0.717) is 4.90 Å². The fraction of sp³-hybridized carbons (Fsp3) is 0.0526. The number of sulfone groups is 1. The first-order valence-electron chi connectivity index (χ1n) is 7.73. The largest absolute Gasteiger partial charge is 0.255 e. The van der Waals surface area contributed by atoms with Crippen molar-refractivity contribution in [1.82, 2.24) is 14.6 Å². The number of rotatable bonds is 3. The molecular weight excluding hydrogens is 334 g/mol. The van der Waals surface area contributed by atoms with Gasteiger partial charge in [0.1, 0.15) is 5.69 Å². The summed E-state index contributed by atoms with van der Waals surface area (Å²) >= 11 is 0. The van der Waals surface area contributed by atoms with Crippen LogP contribution in [0.25, 0.3) is 28.0 Å². The Balaban J connectivity index is 1.97. The average Bonchev–Trinajstić information content (AvgIpc) is 3.01. The van der Waals surface area contributed by atoms with E-state index in [0.717, 1.165) is 28.0 Å². The first-order chi connectivity index (χ1) is 12.0. The SMILES string of the molecule is CS(=O)(=O)c1ccc(-c2c(-c3ccccn3)nn3ccccc23)cc1. The van der Waals surface area contributed by atoms with Crippen molar-refractivity contribution < 1.29 is 8.42 Å². The summed E-state index contributed by atoms with van der Waals surface area (Å²) in [7, 11) is -3.23. The van der Waals surface area contributed by atoms with Crippen molar-refractivity contribution in [2.24, 2.45) is 0 Å². The summed E-state index contributed by atoms with van der Waals surface area (Å²) in [6, 6.07) is 18.4. The summed E-state index contributed by atoms with van der Waals surface area (Å²) in [6.07, 6.45) is 4.82. The summed E-state index contributed by atoms with van der Waals surface area (Å²) in [5, 5.41) is 4.67. The topological polar surface area (TPSA) is 64.3 Å². The van der Waals surface area contributed by atoms with E-state index in [4.69, 9.17) is 0 Å². The molecule has 0 amide bonds. The third-order valence-electron chi connectivity index (χ3n) is 4.02. The Kier molecular flexibility index (Phi) is 3.62. The van der Waals surface area contributed by atoms with Gasteiger partial charge >= 0.3 is 0 Å². The second-order valence-corrected chi connectivity index (χ2v) is 7.78. The number of fused-ring (bicyclic) bond motifs is 1. The highest BCUT2D eigenvalue weighted by molar-refractivity contribution is 7.90. The van der Waals surface area contributed by atoms with Crippen LogP contribution in [-0.4, -0.2) is 29.3 Å². The highest BCUT2D eigenvalue weighted by Gasteiger charge is 2.17. The standard InChI is InChI=1S/C19H15N3O2S/c1-25(23,24)15-10-8-14(9-11-15)18-17-7-3-5-13-22(17)21-19(18)16-6-2-4-12-20-16/h2-13H,1H3. The van der Waals surface area contributed by atoms with Gasteiger partial charge in [0.2, 0.25) is 0 Å². The van der Waals surface area contributed by atoms with Gasteiger partial charge in [0, 0.05) is 24.2 Å². The lowest BCUT2D eigenvalue weighted by Gasteiger charge is -2.05. The van der Waals surface area contributed by atoms with E-state index in [1.54, 1.807) is 18.3 Å². The molecule has 0 aliphatic rings. The van der Waals surface area contributed by atoms with E-state index < -0.39 is 9.84 Å². The quantitative estimate of drug-likeness (QED) is 0.568. The lowest BCUT2D eigenvalue weighted by atomic mass is 10.0. The normalized spacial score (nSPS) is 11.7. The van der Waals surface area contributed by atoms with Gasteiger partial charge in [-0.15, -0.1) is 0 Å². The van der Waals surface area contributed by atoms with Crippen LogP contribution in [0.5, 0.6) is 0 Å². The van der Waals surface area contributed by atoms with Crippen LogP contribution in [0.4, 0.5) is 0 Å². The Morgan fingerprint density at radius 1 is 0.920 bits per heavy atom. The molecule has 0 aliphatic heterocycles. The van der Waals surface area contributed by atoms with E-state index in [1.165, 1.54) is 6.26 Å². The molecule has 6 heteroatoms. The molecule has 0 fully saturated rings. The summed E-state index contributed by atoms with van der Waals surface area (Å²) < 4.78 is 25.2. The molecule has 25 heavy (non-hydrogen) atoms. The smallest absolute Gasteiger partial charge is 0.175 e. The van der Waals surface area contributed by atoms with Crippen molar-refractivity contribution in [2.75, 3.05) is 6.26 Å². The zero-order chi connectivity index (χ0) is 17.4. The number of hydrogen-bond acceptors (Lipinski definition) is 4. The molecule has 1 aromatic carbocycles. The van der Waals surface area contributed by atoms with Gasteiger partial charge in [-0.1, -0.05) is 24.3 Å². The van der Waals surface area contributed by atoms with Crippen LogP contribution < -0.4 is 0 Å². The van der Waals surface area contributed by atoms with Crippen LogP contribution in [-0.2, 0) is 9.84 Å². The molecule has 0 saturated heterocycles. The fourth-order valence-electron chi connectivity index (χ4n) is 2.83. The van der Waals surface area contributed by atoms with Crippen molar-refractivity contribution in [3.63, 3.8) is 0 Å². The molecule has 0 saturated carbocycles. The van der Waals surface area contributed by atoms with Crippen LogP contribution in [0.15, 0.2) is 78.0 Å². The molecule has 0 radical (unpaired) electrons. The predicted molar refractivity (Wildman–Crippen MR) is 97.0 cm³/mol. The van der Waals surface area contributed by atoms with Crippen molar-refractivity contribution in [2.45, 2.75) is 4.90 Å². The van der Waals surface area contributed by atoms with Crippen molar-refractivity contribution >= 4 is 15.4 Å². The number of hydrogen-bond donors (Lipinski definition) is 0. The molecular formula is C19H15N3O2S. The first kappa shape index (κ1) is 15.5. The minimum Gasteiger partial charge on any atom is -0.255 e. The van der Waals surface area contributed by atoms with E-state index >= 15 is 0 Å². The third-order valence-corrected chi connectivity index (χ3v) is 5.15. The Labute approximate surface area is 145 Å². The van der Waals surface area contributed by atoms with Gasteiger partial charge in [0.05, 0.1) is 16.1 Å². The Morgan fingerprint density at radius 3 is 2.36 bits per heavy atom. The van der Waals surface area contributed by atoms with E-state index in [9.17, 15) is 8.42 Å². The van der Waals surface area contributed by atoms with E-state index in [1.807, 2.05) is 59.2 Å². The maximum atomic E-state index is 11.7. The average molecular weight is 349 g/mol. The van der Waals surface area contributed by atoms with Crippen LogP contribution in [0.2, 0.25) is 0 Å². The molecule has 4 rings (SSSR count). The van der Waals surface area contributed by atoms with Gasteiger partial charge < -0.3 is 0 Å². The molecule has 0 spiro atoms. The molecule has 3 heterocycles. The summed E-state index contributed by atoms with van der Waals surface area (Å²) in [5.74, 6) is 0. The summed E-state index contributed by atoms with van der Waals surface area (Å²) in [6.45, 7) is 0. The highest BCUT2D eigenvalue weighted by Crippen LogP contribution is 2.34. The predicted octanol–water partition coefficient (Wildman–Crippen LogP) is 3.47. The zero-order valence-electron chi connectivity index (χ0n) is 13.5. The molecule has 0 unspecified atom stereocenters. The fourth-order valence-corrected chi connectivity index (χ4v) is 3.46. The number of pyridine rings is 2. The zero-order valence-corrected chi connectivity index (χ0v) is 14.3. The van der Waals surface area contributed by atoms with Crippen molar-refractivity contribution in [3.05, 3.63) is 73.1 Å². The number of aromatic nitrogens is 3. The molecule has 4 aromatic rings. The third kappa shape index (κ3) is 2.81. The van der Waals surface area contributed by atoms with Gasteiger partial charge in [0.15, 0.2) is 9.84 Å². The number of nitrogens with zero attached hydrogens (tertiary/aromatic N) is 3. The maximum absolute atomic E-state index is 11.7. The van der Waals surface area contributed by atoms with Crippen LogP contribution in [0.3, 0.4) is 0 Å². The second kappa shape index (κ2) is 5.82. The van der Waals surface area contributed by atoms with Crippen molar-refractivity contribution in [1.29, 1.82) is 0 Å². The van der Waals surface area contributed by atoms with Crippen LogP contribution >= 0.6 is 0 Å². The first-order valence-corrected chi connectivity index (χ1v) is 9.62. The minimum absolute atomic E-state index is 0.298. The lowest BCUT2D eigenvalue weighted by molar-refractivity contribution is 0.602. The highest BCUT2D eigenvalue weighted by atomic mass is 32.2. The van der Waals surface area contributed by atoms with Crippen LogP contribution in [0, 0.1) is 0 Å². The molecule has 0 N–H and O–H groups in total. The Bertz CT molecular complexity index is 1150. The molecule has 0 aliphatic carbocycles. The molecule has 0 bridgehead atoms.